The van der Waals surface area contributed by atoms with Crippen LogP contribution >= 0.6 is 0 Å². The maximum Gasteiger partial charge on any atom is 0.343 e. The molecule has 4 aromatic rings. The average Bonchev–Trinajstić information content (AvgIpc) is 3.02. The van der Waals surface area contributed by atoms with E-state index in [0.29, 0.717) is 50.8 Å². The molecule has 0 aliphatic rings. The molecule has 0 radical (unpaired) electrons. The minimum absolute atomic E-state index is 0.285. The Labute approximate surface area is 259 Å². The fourth-order valence-electron chi connectivity index (χ4n) is 4.16. The number of fused-ring (bicyclic) bond motifs is 1. The second-order valence-electron chi connectivity index (χ2n) is 9.73. The van der Waals surface area contributed by atoms with E-state index in [9.17, 15) is 19.2 Å². The summed E-state index contributed by atoms with van der Waals surface area (Å²) in [5.74, 6) is -0.711. The van der Waals surface area contributed by atoms with Crippen molar-refractivity contribution in [3.8, 4) is 23.0 Å². The number of hydrogen-bond donors (Lipinski definition) is 0. The predicted molar refractivity (Wildman–Crippen MR) is 165 cm³/mol. The number of esters is 4. The minimum Gasteiger partial charge on any atom is -0.457 e. The highest BCUT2D eigenvalue weighted by Crippen LogP contribution is 2.30. The molecule has 0 unspecified atom stereocenters. The van der Waals surface area contributed by atoms with Gasteiger partial charge in [0.15, 0.2) is 0 Å². The van der Waals surface area contributed by atoms with Gasteiger partial charge in [0.25, 0.3) is 0 Å². The Morgan fingerprint density at radius 3 is 1.60 bits per heavy atom. The van der Waals surface area contributed by atoms with Crippen LogP contribution in [0.25, 0.3) is 10.8 Å². The summed E-state index contributed by atoms with van der Waals surface area (Å²) in [7, 11) is 0. The molecule has 0 heterocycles. The van der Waals surface area contributed by atoms with E-state index in [1.54, 1.807) is 81.4 Å². The zero-order chi connectivity index (χ0) is 32.5. The summed E-state index contributed by atoms with van der Waals surface area (Å²) in [4.78, 5) is 48.1. The van der Waals surface area contributed by atoms with E-state index in [-0.39, 0.29) is 13.6 Å². The van der Waals surface area contributed by atoms with Gasteiger partial charge < -0.3 is 28.4 Å². The van der Waals surface area contributed by atoms with Crippen molar-refractivity contribution in [3.05, 3.63) is 120 Å². The van der Waals surface area contributed by atoms with Gasteiger partial charge in [0.1, 0.15) is 23.0 Å². The monoisotopic (exact) mass is 610 g/mol. The topological polar surface area (TPSA) is 124 Å². The Morgan fingerprint density at radius 2 is 1.09 bits per heavy atom. The lowest BCUT2D eigenvalue weighted by Gasteiger charge is -2.13. The maximum atomic E-state index is 12.9. The van der Waals surface area contributed by atoms with Gasteiger partial charge in [0, 0.05) is 12.2 Å². The summed E-state index contributed by atoms with van der Waals surface area (Å²) in [6, 6.07) is 18.2. The molecule has 0 amide bonds. The molecule has 0 aliphatic carbocycles. The van der Waals surface area contributed by atoms with E-state index >= 15 is 0 Å². The largest absolute Gasteiger partial charge is 0.457 e. The Hall–Kier alpha value is -5.90. The van der Waals surface area contributed by atoms with E-state index in [1.807, 2.05) is 6.07 Å². The van der Waals surface area contributed by atoms with Gasteiger partial charge in [-0.15, -0.1) is 0 Å². The molecular weight excluding hydrogens is 580 g/mol. The van der Waals surface area contributed by atoms with Gasteiger partial charge in [0.2, 0.25) is 13.6 Å². The van der Waals surface area contributed by atoms with Gasteiger partial charge in [-0.2, -0.15) is 0 Å². The number of aryl methyl sites for hydroxylation is 3. The Balaban J connectivity index is 1.40. The molecular formula is C35H30O10. The summed E-state index contributed by atoms with van der Waals surface area (Å²) in [5, 5.41) is 1.55. The zero-order valence-corrected chi connectivity index (χ0v) is 24.9. The second kappa shape index (κ2) is 14.5. The summed E-state index contributed by atoms with van der Waals surface area (Å²) in [6.45, 7) is 11.4. The molecule has 10 nitrogen and oxygen atoms in total. The van der Waals surface area contributed by atoms with Gasteiger partial charge in [-0.3, -0.25) is 0 Å². The quantitative estimate of drug-likeness (QED) is 0.0777. The molecule has 0 fully saturated rings. The fraction of sp³-hybridized carbons (Fsp3) is 0.143. The van der Waals surface area contributed by atoms with Crippen LogP contribution in [0.5, 0.6) is 23.0 Å². The highest BCUT2D eigenvalue weighted by molar-refractivity contribution is 5.94. The van der Waals surface area contributed by atoms with Crippen molar-refractivity contribution in [1.82, 2.24) is 0 Å². The van der Waals surface area contributed by atoms with Crippen molar-refractivity contribution >= 4 is 34.6 Å². The maximum absolute atomic E-state index is 12.9. The summed E-state index contributed by atoms with van der Waals surface area (Å²) < 4.78 is 31.8. The van der Waals surface area contributed by atoms with E-state index in [0.717, 1.165) is 22.9 Å². The molecule has 0 saturated heterocycles. The first-order chi connectivity index (χ1) is 21.6. The van der Waals surface area contributed by atoms with Crippen LogP contribution in [0.2, 0.25) is 0 Å². The molecule has 0 spiro atoms. The highest BCUT2D eigenvalue weighted by atomic mass is 16.7. The van der Waals surface area contributed by atoms with E-state index < -0.39 is 23.9 Å². The molecule has 0 N–H and O–H groups in total. The standard InChI is InChI=1S/C35H30O10/c1-6-32(36)42-19-40-29-12-9-25(14-21(29)3)34(38)44-28-11-8-24-18-31(23(5)16-27(24)17-28)45-35(39)26-10-13-30(22(4)15-26)41-20-43-33(37)7-2/h6-18H,1-2,19-20H2,3-5H3. The number of ether oxygens (including phenoxy) is 6. The van der Waals surface area contributed by atoms with Crippen molar-refractivity contribution in [3.63, 3.8) is 0 Å². The van der Waals surface area contributed by atoms with Crippen LogP contribution < -0.4 is 18.9 Å². The molecule has 230 valence electrons. The molecule has 0 saturated carbocycles. The van der Waals surface area contributed by atoms with Crippen LogP contribution in [-0.4, -0.2) is 37.5 Å². The van der Waals surface area contributed by atoms with Crippen LogP contribution in [0.15, 0.2) is 92.0 Å². The zero-order valence-electron chi connectivity index (χ0n) is 24.9. The Bertz CT molecular complexity index is 1800. The lowest BCUT2D eigenvalue weighted by molar-refractivity contribution is -0.145. The van der Waals surface area contributed by atoms with Gasteiger partial charge in [-0.25, -0.2) is 19.2 Å². The van der Waals surface area contributed by atoms with Crippen LogP contribution in [0.3, 0.4) is 0 Å². The van der Waals surface area contributed by atoms with Crippen LogP contribution in [0, 0.1) is 20.8 Å². The third kappa shape index (κ3) is 8.35. The summed E-state index contributed by atoms with van der Waals surface area (Å²) >= 11 is 0. The molecule has 4 rings (SSSR count). The highest BCUT2D eigenvalue weighted by Gasteiger charge is 2.15. The summed E-state index contributed by atoms with van der Waals surface area (Å²) in [6.07, 6.45) is 2.07. The van der Waals surface area contributed by atoms with Crippen molar-refractivity contribution in [2.24, 2.45) is 0 Å². The molecule has 45 heavy (non-hydrogen) atoms. The van der Waals surface area contributed by atoms with Gasteiger partial charge in [-0.1, -0.05) is 19.2 Å². The number of benzene rings is 4. The van der Waals surface area contributed by atoms with Crippen LogP contribution in [-0.2, 0) is 19.1 Å². The van der Waals surface area contributed by atoms with Crippen molar-refractivity contribution in [2.45, 2.75) is 20.8 Å². The minimum atomic E-state index is -0.605. The normalized spacial score (nSPS) is 10.4. The van der Waals surface area contributed by atoms with E-state index in [2.05, 4.69) is 13.2 Å². The lowest BCUT2D eigenvalue weighted by Crippen LogP contribution is -2.11. The van der Waals surface area contributed by atoms with Crippen molar-refractivity contribution in [1.29, 1.82) is 0 Å². The number of carbonyl (C=O) groups is 4. The predicted octanol–water partition coefficient (Wildman–Crippen LogP) is 6.33. The van der Waals surface area contributed by atoms with E-state index in [1.165, 1.54) is 0 Å². The molecule has 0 aromatic heterocycles. The Kier molecular flexibility index (Phi) is 10.3. The van der Waals surface area contributed by atoms with Crippen molar-refractivity contribution in [2.75, 3.05) is 13.6 Å². The molecule has 0 aliphatic heterocycles. The summed E-state index contributed by atoms with van der Waals surface area (Å²) in [5.41, 5.74) is 2.64. The SMILES string of the molecule is C=CC(=O)OCOc1ccc(C(=O)Oc2ccc3cc(OC(=O)c4ccc(OCOC(=O)C=C)c(C)c4)c(C)cc3c2)cc1C. The second-order valence-corrected chi connectivity index (χ2v) is 9.73. The smallest absolute Gasteiger partial charge is 0.343 e. The molecule has 10 heteroatoms. The van der Waals surface area contributed by atoms with Crippen molar-refractivity contribution < 1.29 is 47.6 Å². The first-order valence-corrected chi connectivity index (χ1v) is 13.6. The number of hydrogen-bond acceptors (Lipinski definition) is 10. The molecule has 0 atom stereocenters. The number of carbonyl (C=O) groups excluding carboxylic acids is 4. The number of rotatable bonds is 12. The Morgan fingerprint density at radius 1 is 0.578 bits per heavy atom. The fourth-order valence-corrected chi connectivity index (χ4v) is 4.16. The van der Waals surface area contributed by atoms with Gasteiger partial charge in [-0.05, 0) is 109 Å². The third-order valence-corrected chi connectivity index (χ3v) is 6.50. The van der Waals surface area contributed by atoms with Gasteiger partial charge >= 0.3 is 23.9 Å². The van der Waals surface area contributed by atoms with Crippen LogP contribution in [0.1, 0.15) is 37.4 Å². The molecule has 4 aromatic carbocycles. The molecule has 0 bridgehead atoms. The first-order valence-electron chi connectivity index (χ1n) is 13.6. The average molecular weight is 611 g/mol. The third-order valence-electron chi connectivity index (χ3n) is 6.50. The van der Waals surface area contributed by atoms with Crippen LogP contribution in [0.4, 0.5) is 0 Å². The lowest BCUT2D eigenvalue weighted by atomic mass is 10.1. The van der Waals surface area contributed by atoms with E-state index in [4.69, 9.17) is 28.4 Å². The first kappa shape index (κ1) is 32.0. The van der Waals surface area contributed by atoms with Gasteiger partial charge in [0.05, 0.1) is 11.1 Å².